The molecule has 0 spiro atoms. The van der Waals surface area contributed by atoms with Crippen LogP contribution in [0, 0.1) is 0 Å². The number of aliphatic hydroxyl groups excluding tert-OH is 3. The summed E-state index contributed by atoms with van der Waals surface area (Å²) < 4.78 is 0. The van der Waals surface area contributed by atoms with Gasteiger partial charge in [-0.25, -0.2) is 0 Å². The van der Waals surface area contributed by atoms with Crippen LogP contribution < -0.4 is 10.6 Å². The maximum absolute atomic E-state index is 13.3. The van der Waals surface area contributed by atoms with E-state index in [0.717, 1.165) is 90.4 Å². The highest BCUT2D eigenvalue weighted by molar-refractivity contribution is 5.96. The molecule has 0 aromatic carbocycles. The van der Waals surface area contributed by atoms with E-state index in [4.69, 9.17) is 0 Å². The van der Waals surface area contributed by atoms with Gasteiger partial charge in [-0.05, 0) is 83.8 Å². The van der Waals surface area contributed by atoms with E-state index in [1.165, 1.54) is 199 Å². The minimum absolute atomic E-state index is 0.0719. The summed E-state index contributed by atoms with van der Waals surface area (Å²) in [5.74, 6) is -0.151. The van der Waals surface area contributed by atoms with Crippen LogP contribution in [0.15, 0.2) is 0 Å². The van der Waals surface area contributed by atoms with E-state index < -0.39 is 24.3 Å². The highest BCUT2D eigenvalue weighted by Gasteiger charge is 2.33. The van der Waals surface area contributed by atoms with Crippen LogP contribution in [0.25, 0.3) is 0 Å². The number of amides is 2. The van der Waals surface area contributed by atoms with E-state index in [-0.39, 0.29) is 17.9 Å². The largest absolute Gasteiger partial charge is 0.392 e. The van der Waals surface area contributed by atoms with Crippen molar-refractivity contribution in [3.8, 4) is 0 Å². The second-order valence-electron chi connectivity index (χ2n) is 22.1. The van der Waals surface area contributed by atoms with Crippen LogP contribution in [0.3, 0.4) is 0 Å². The first-order valence-electron chi connectivity index (χ1n) is 30.8. The predicted molar refractivity (Wildman–Crippen MR) is 296 cm³/mol. The normalized spacial score (nSPS) is 16.7. The van der Waals surface area contributed by atoms with Crippen molar-refractivity contribution in [3.05, 3.63) is 0 Å². The topological polar surface area (TPSA) is 125 Å². The van der Waals surface area contributed by atoms with Gasteiger partial charge in [0, 0.05) is 19.6 Å². The summed E-state index contributed by atoms with van der Waals surface area (Å²) in [4.78, 5) is 31.3. The Morgan fingerprint density at radius 1 is 0.333 bits per heavy atom. The van der Waals surface area contributed by atoms with Gasteiger partial charge in [-0.15, -0.1) is 0 Å². The zero-order chi connectivity index (χ0) is 50.3. The molecule has 0 aromatic heterocycles. The number of carbonyl (C=O) groups excluding carboxylic acids is 2. The number of carbonyl (C=O) groups is 2. The molecule has 9 heteroatoms. The lowest BCUT2D eigenvalue weighted by Crippen LogP contribution is -2.61. The molecule has 410 valence electrons. The van der Waals surface area contributed by atoms with Gasteiger partial charge in [-0.1, -0.05) is 240 Å². The molecule has 0 bridgehead atoms. The molecule has 9 nitrogen and oxygen atoms in total. The summed E-state index contributed by atoms with van der Waals surface area (Å²) in [6, 6.07) is -1.00. The highest BCUT2D eigenvalue weighted by atomic mass is 16.3. The average molecular weight is 978 g/mol. The maximum Gasteiger partial charge on any atom is 0.243 e. The molecular weight excluding hydrogens is 857 g/mol. The van der Waals surface area contributed by atoms with E-state index in [1.54, 1.807) is 0 Å². The third kappa shape index (κ3) is 40.9. The van der Waals surface area contributed by atoms with E-state index in [1.807, 2.05) is 0 Å². The second kappa shape index (κ2) is 49.0. The second-order valence-corrected chi connectivity index (χ2v) is 22.1. The Labute approximate surface area is 429 Å². The quantitative estimate of drug-likeness (QED) is 0.0384. The van der Waals surface area contributed by atoms with Crippen molar-refractivity contribution in [1.82, 2.24) is 20.4 Å². The number of piperazine rings is 1. The van der Waals surface area contributed by atoms with Crippen molar-refractivity contribution < 1.29 is 24.9 Å². The number of aliphatic hydroxyl groups is 3. The molecule has 0 radical (unpaired) electrons. The monoisotopic (exact) mass is 977 g/mol. The molecule has 0 aromatic rings. The van der Waals surface area contributed by atoms with Gasteiger partial charge in [-0.3, -0.25) is 14.5 Å². The molecule has 1 heterocycles. The van der Waals surface area contributed by atoms with Crippen molar-refractivity contribution in [2.45, 2.75) is 334 Å². The fourth-order valence-electron chi connectivity index (χ4n) is 10.5. The van der Waals surface area contributed by atoms with Crippen LogP contribution in [0.5, 0.6) is 0 Å². The van der Waals surface area contributed by atoms with Gasteiger partial charge in [-0.2, -0.15) is 0 Å². The van der Waals surface area contributed by atoms with Crippen molar-refractivity contribution >= 4 is 11.8 Å². The van der Waals surface area contributed by atoms with Crippen LogP contribution in [-0.4, -0.2) is 107 Å². The summed E-state index contributed by atoms with van der Waals surface area (Å²) in [6.07, 6.45) is 49.5. The lowest BCUT2D eigenvalue weighted by atomic mass is 10.0. The maximum atomic E-state index is 13.3. The molecule has 2 amide bonds. The number of nitrogens with one attached hydrogen (secondary N) is 2. The summed E-state index contributed by atoms with van der Waals surface area (Å²) in [7, 11) is 0. The fraction of sp³-hybridized carbons (Fsp3) is 0.967. The molecular formula is C60H120N4O5. The predicted octanol–water partition coefficient (Wildman–Crippen LogP) is 14.5. The Balaban J connectivity index is 2.56. The molecule has 5 N–H and O–H groups in total. The van der Waals surface area contributed by atoms with E-state index >= 15 is 0 Å². The van der Waals surface area contributed by atoms with Crippen LogP contribution >= 0.6 is 0 Å². The molecule has 69 heavy (non-hydrogen) atoms. The van der Waals surface area contributed by atoms with Gasteiger partial charge in [0.25, 0.3) is 0 Å². The molecule has 1 fully saturated rings. The number of rotatable bonds is 54. The SMILES string of the molecule is CCCCCCCCCCCCN(CCCC[C@H]1NC(=O)[C@@H](CCCCN(C[C@H](O)CCCCCCCCCC)C[C@@H](O)CCCCCCCCCC)NC1=O)C[C@H](O)CCCCCCCCCC. The minimum atomic E-state index is -0.513. The minimum Gasteiger partial charge on any atom is -0.392 e. The Hall–Kier alpha value is -1.26. The number of hydrogen-bond donors (Lipinski definition) is 5. The van der Waals surface area contributed by atoms with E-state index in [2.05, 4.69) is 48.1 Å². The molecule has 0 unspecified atom stereocenters. The van der Waals surface area contributed by atoms with Crippen LogP contribution in [0.4, 0.5) is 0 Å². The molecule has 5 atom stereocenters. The van der Waals surface area contributed by atoms with Crippen molar-refractivity contribution in [1.29, 1.82) is 0 Å². The van der Waals surface area contributed by atoms with Crippen molar-refractivity contribution in [3.63, 3.8) is 0 Å². The zero-order valence-electron chi connectivity index (χ0n) is 46.6. The molecule has 1 aliphatic rings. The van der Waals surface area contributed by atoms with Gasteiger partial charge in [0.2, 0.25) is 11.8 Å². The lowest BCUT2D eigenvalue weighted by Gasteiger charge is -2.30. The van der Waals surface area contributed by atoms with Crippen molar-refractivity contribution in [2.75, 3.05) is 39.3 Å². The van der Waals surface area contributed by atoms with Crippen LogP contribution in [0.2, 0.25) is 0 Å². The summed E-state index contributed by atoms with van der Waals surface area (Å²) >= 11 is 0. The van der Waals surface area contributed by atoms with Gasteiger partial charge < -0.3 is 30.9 Å². The standard InChI is InChI=1S/C60H120N4O5/c1-5-9-13-17-21-25-26-30-34-40-48-63(51-54(65)43-35-31-27-22-18-14-10-6-2)49-41-38-46-57-59(68)62-58(60(69)61-57)47-39-42-50-64(52-55(66)44-36-32-28-23-19-15-11-7-3)53-56(67)45-37-33-29-24-20-16-12-8-4/h54-58,65-67H,5-53H2,1-4H3,(H,61,69)(H,62,68)/t54-,55-,56+,57-,58-/m1/s1. The van der Waals surface area contributed by atoms with Gasteiger partial charge in [0.1, 0.15) is 12.1 Å². The van der Waals surface area contributed by atoms with Crippen molar-refractivity contribution in [2.24, 2.45) is 0 Å². The van der Waals surface area contributed by atoms with Gasteiger partial charge >= 0.3 is 0 Å². The summed E-state index contributed by atoms with van der Waals surface area (Å²) in [6.45, 7) is 13.6. The Kier molecular flexibility index (Phi) is 46.7. The summed E-state index contributed by atoms with van der Waals surface area (Å²) in [5, 5.41) is 39.3. The Bertz CT molecular complexity index is 1090. The van der Waals surface area contributed by atoms with Gasteiger partial charge in [0.15, 0.2) is 0 Å². The number of hydrogen-bond acceptors (Lipinski definition) is 7. The smallest absolute Gasteiger partial charge is 0.243 e. The van der Waals surface area contributed by atoms with E-state index in [9.17, 15) is 24.9 Å². The van der Waals surface area contributed by atoms with Crippen LogP contribution in [0.1, 0.15) is 304 Å². The third-order valence-corrected chi connectivity index (χ3v) is 15.1. The van der Waals surface area contributed by atoms with E-state index in [0.29, 0.717) is 25.9 Å². The average Bonchev–Trinajstić information content (AvgIpc) is 3.33. The molecule has 0 aliphatic carbocycles. The number of nitrogens with zero attached hydrogens (tertiary/aromatic N) is 2. The molecule has 1 saturated heterocycles. The number of unbranched alkanes of at least 4 members (excludes halogenated alkanes) is 32. The third-order valence-electron chi connectivity index (χ3n) is 15.1. The Morgan fingerprint density at radius 2 is 0.565 bits per heavy atom. The first kappa shape index (κ1) is 65.8. The highest BCUT2D eigenvalue weighted by Crippen LogP contribution is 2.18. The lowest BCUT2D eigenvalue weighted by molar-refractivity contribution is -0.137. The zero-order valence-corrected chi connectivity index (χ0v) is 46.6. The molecule has 1 rings (SSSR count). The molecule has 1 aliphatic heterocycles. The first-order chi connectivity index (χ1) is 33.7. The van der Waals surface area contributed by atoms with Gasteiger partial charge in [0.05, 0.1) is 18.3 Å². The summed E-state index contributed by atoms with van der Waals surface area (Å²) in [5.41, 5.74) is 0. The fourth-order valence-corrected chi connectivity index (χ4v) is 10.5. The Morgan fingerprint density at radius 3 is 0.870 bits per heavy atom. The first-order valence-corrected chi connectivity index (χ1v) is 30.8. The molecule has 0 saturated carbocycles. The van der Waals surface area contributed by atoms with Crippen LogP contribution in [-0.2, 0) is 9.59 Å².